The smallest absolute Gasteiger partial charge is 0.104 e. The maximum absolute atomic E-state index is 12.4. The van der Waals surface area contributed by atoms with Crippen LogP contribution in [0.4, 0.5) is 0 Å². The molecule has 87 heavy (non-hydrogen) atoms. The molecule has 6 heteroatoms. The summed E-state index contributed by atoms with van der Waals surface area (Å²) in [6.45, 7) is 0. The standard InChI is InChI=1S/C81H48N6/c82-49-70-79(85-73-37-31-58(52-19-7-1-8-20-52)43-64(73)65-44-59(32-38-74(65)85)53-21-9-2-10-22-53)71(50-83)81(87-77-41-35-62(56-27-15-5-16-28-56)47-68(77)69-48-63(36-42-78(69)87)57-29-17-6-18-30-57)72(51-84)80(70)86-75-39-33-60(54-23-11-3-12-24-54)45-66(75)67-46-61(34-40-76(67)86)55-25-13-4-14-26-55/h1-48H. The summed E-state index contributed by atoms with van der Waals surface area (Å²) in [6, 6.07) is 109. The number of aromatic nitrogens is 3. The molecule has 0 spiro atoms. The van der Waals surface area contributed by atoms with Crippen LogP contribution in [0.15, 0.2) is 291 Å². The highest BCUT2D eigenvalue weighted by Gasteiger charge is 2.33. The van der Waals surface area contributed by atoms with Crippen LogP contribution in [0, 0.1) is 34.0 Å². The second kappa shape index (κ2) is 20.6. The zero-order valence-corrected chi connectivity index (χ0v) is 46.9. The van der Waals surface area contributed by atoms with E-state index in [1.807, 2.05) is 109 Å². The minimum atomic E-state index is 0.182. The molecule has 3 heterocycles. The van der Waals surface area contributed by atoms with E-state index in [1.165, 1.54) is 0 Å². The molecular weight excluding hydrogens is 1060 g/mol. The van der Waals surface area contributed by atoms with Crippen LogP contribution in [0.1, 0.15) is 16.7 Å². The first kappa shape index (κ1) is 50.5. The Hall–Kier alpha value is -12.3. The van der Waals surface area contributed by atoms with Gasteiger partial charge in [0.05, 0.1) is 50.2 Å². The Morgan fingerprint density at radius 1 is 0.184 bits per heavy atom. The van der Waals surface area contributed by atoms with Gasteiger partial charge in [0, 0.05) is 32.3 Å². The lowest BCUT2D eigenvalue weighted by molar-refractivity contribution is 1.06. The minimum Gasteiger partial charge on any atom is -0.306 e. The largest absolute Gasteiger partial charge is 0.306 e. The van der Waals surface area contributed by atoms with Gasteiger partial charge < -0.3 is 13.7 Å². The third-order valence-electron chi connectivity index (χ3n) is 17.4. The fraction of sp³-hybridized carbons (Fsp3) is 0. The molecule has 0 unspecified atom stereocenters. The molecule has 16 aromatic rings. The predicted octanol–water partition coefficient (Wildman–Crippen LogP) is 20.6. The molecule has 402 valence electrons. The van der Waals surface area contributed by atoms with E-state index in [1.54, 1.807) is 0 Å². The Morgan fingerprint density at radius 2 is 0.345 bits per heavy atom. The number of nitrogens with zero attached hydrogens (tertiary/aromatic N) is 6. The van der Waals surface area contributed by atoms with Gasteiger partial charge in [-0.2, -0.15) is 15.8 Å². The molecule has 0 amide bonds. The summed E-state index contributed by atoms with van der Waals surface area (Å²) in [5.74, 6) is 0. The molecule has 0 aliphatic rings. The molecule has 0 aliphatic heterocycles. The van der Waals surface area contributed by atoms with Gasteiger partial charge >= 0.3 is 0 Å². The summed E-state index contributed by atoms with van der Waals surface area (Å²) >= 11 is 0. The van der Waals surface area contributed by atoms with Gasteiger partial charge in [-0.3, -0.25) is 0 Å². The van der Waals surface area contributed by atoms with E-state index < -0.39 is 0 Å². The topological polar surface area (TPSA) is 86.2 Å². The third kappa shape index (κ3) is 8.15. The average molecular weight is 1110 g/mol. The molecule has 0 fully saturated rings. The highest BCUT2D eigenvalue weighted by molar-refractivity contribution is 6.16. The van der Waals surface area contributed by atoms with Crippen molar-refractivity contribution in [3.8, 4) is 102 Å². The molecule has 6 nitrogen and oxygen atoms in total. The van der Waals surface area contributed by atoms with Crippen LogP contribution < -0.4 is 0 Å². The van der Waals surface area contributed by atoms with Crippen LogP contribution in [-0.4, -0.2) is 13.7 Å². The lowest BCUT2D eigenvalue weighted by Crippen LogP contribution is -2.14. The molecule has 0 aliphatic carbocycles. The first-order valence-corrected chi connectivity index (χ1v) is 29.1. The molecule has 13 aromatic carbocycles. The summed E-state index contributed by atoms with van der Waals surface area (Å²) in [7, 11) is 0. The van der Waals surface area contributed by atoms with Crippen molar-refractivity contribution in [2.45, 2.75) is 0 Å². The number of nitriles is 3. The zero-order valence-electron chi connectivity index (χ0n) is 46.9. The first-order chi connectivity index (χ1) is 43.0. The Balaban J connectivity index is 1.09. The van der Waals surface area contributed by atoms with Crippen molar-refractivity contribution in [2.75, 3.05) is 0 Å². The van der Waals surface area contributed by atoms with E-state index in [9.17, 15) is 15.8 Å². The summed E-state index contributed by atoms with van der Waals surface area (Å²) in [4.78, 5) is 0. The Labute approximate surface area is 502 Å². The monoisotopic (exact) mass is 1100 g/mol. The Kier molecular flexibility index (Phi) is 11.9. The van der Waals surface area contributed by atoms with Crippen molar-refractivity contribution >= 4 is 65.4 Å². The predicted molar refractivity (Wildman–Crippen MR) is 356 cm³/mol. The Bertz CT molecular complexity index is 4700. The van der Waals surface area contributed by atoms with E-state index >= 15 is 0 Å². The van der Waals surface area contributed by atoms with Crippen molar-refractivity contribution in [2.24, 2.45) is 0 Å². The van der Waals surface area contributed by atoms with Gasteiger partial charge in [-0.25, -0.2) is 0 Å². The van der Waals surface area contributed by atoms with E-state index in [0.29, 0.717) is 17.1 Å². The summed E-state index contributed by atoms with van der Waals surface area (Å²) in [5, 5.41) is 43.0. The van der Waals surface area contributed by atoms with Crippen LogP contribution in [0.3, 0.4) is 0 Å². The maximum Gasteiger partial charge on any atom is 0.104 e. The van der Waals surface area contributed by atoms with Gasteiger partial charge in [-0.15, -0.1) is 0 Å². The van der Waals surface area contributed by atoms with Gasteiger partial charge in [-0.05, 0) is 140 Å². The van der Waals surface area contributed by atoms with Crippen LogP contribution in [-0.2, 0) is 0 Å². The summed E-state index contributed by atoms with van der Waals surface area (Å²) in [5.41, 5.74) is 19.0. The average Bonchev–Trinajstić information content (AvgIpc) is 1.67. The highest BCUT2D eigenvalue weighted by atomic mass is 15.1. The van der Waals surface area contributed by atoms with Crippen molar-refractivity contribution in [3.05, 3.63) is 308 Å². The lowest BCUT2D eigenvalue weighted by Gasteiger charge is -2.23. The zero-order chi connectivity index (χ0) is 58.1. The molecule has 0 radical (unpaired) electrons. The first-order valence-electron chi connectivity index (χ1n) is 29.1. The van der Waals surface area contributed by atoms with Crippen molar-refractivity contribution in [3.63, 3.8) is 0 Å². The van der Waals surface area contributed by atoms with Crippen molar-refractivity contribution < 1.29 is 0 Å². The second-order valence-corrected chi connectivity index (χ2v) is 22.1. The fourth-order valence-electron chi connectivity index (χ4n) is 13.4. The summed E-state index contributed by atoms with van der Waals surface area (Å²) in [6.07, 6.45) is 0. The van der Waals surface area contributed by atoms with E-state index in [4.69, 9.17) is 0 Å². The SMILES string of the molecule is N#Cc1c(-n2c3ccc(-c4ccccc4)cc3c3cc(-c4ccccc4)ccc32)c(C#N)c(-n2c3ccc(-c4ccccc4)cc3c3cc(-c4ccccc4)ccc32)c(C#N)c1-n1c2ccc(-c3ccccc3)cc2c2cc(-c3ccccc3)ccc21. The molecule has 0 N–H and O–H groups in total. The van der Waals surface area contributed by atoms with Crippen LogP contribution in [0.25, 0.3) is 149 Å². The number of hydrogen-bond acceptors (Lipinski definition) is 3. The van der Waals surface area contributed by atoms with Crippen molar-refractivity contribution in [1.29, 1.82) is 15.8 Å². The Morgan fingerprint density at radius 3 is 0.494 bits per heavy atom. The van der Waals surface area contributed by atoms with Gasteiger partial charge in [0.1, 0.15) is 34.9 Å². The van der Waals surface area contributed by atoms with Crippen molar-refractivity contribution in [1.82, 2.24) is 13.7 Å². The second-order valence-electron chi connectivity index (χ2n) is 22.1. The van der Waals surface area contributed by atoms with Gasteiger partial charge in [0.2, 0.25) is 0 Å². The van der Waals surface area contributed by atoms with Gasteiger partial charge in [-0.1, -0.05) is 218 Å². The molecule has 0 bridgehead atoms. The highest BCUT2D eigenvalue weighted by Crippen LogP contribution is 2.48. The number of fused-ring (bicyclic) bond motifs is 9. The number of rotatable bonds is 9. The van der Waals surface area contributed by atoms with Crippen LogP contribution in [0.5, 0.6) is 0 Å². The molecule has 16 rings (SSSR count). The number of benzene rings is 13. The van der Waals surface area contributed by atoms with E-state index in [0.717, 1.165) is 132 Å². The quantitative estimate of drug-likeness (QED) is 0.144. The van der Waals surface area contributed by atoms with Gasteiger partial charge in [0.15, 0.2) is 0 Å². The van der Waals surface area contributed by atoms with Crippen LogP contribution >= 0.6 is 0 Å². The number of hydrogen-bond donors (Lipinski definition) is 0. The van der Waals surface area contributed by atoms with Crippen LogP contribution in [0.2, 0.25) is 0 Å². The van der Waals surface area contributed by atoms with Gasteiger partial charge in [0.25, 0.3) is 0 Å². The lowest BCUT2D eigenvalue weighted by atomic mass is 9.96. The third-order valence-corrected chi connectivity index (χ3v) is 17.4. The van der Waals surface area contributed by atoms with E-state index in [-0.39, 0.29) is 16.7 Å². The summed E-state index contributed by atoms with van der Waals surface area (Å²) < 4.78 is 6.34. The molecule has 0 atom stereocenters. The fourth-order valence-corrected chi connectivity index (χ4v) is 13.4. The molecular formula is C81H48N6. The minimum absolute atomic E-state index is 0.182. The van der Waals surface area contributed by atoms with E-state index in [2.05, 4.69) is 214 Å². The molecule has 0 saturated carbocycles. The molecule has 0 saturated heterocycles. The molecule has 3 aromatic heterocycles. The normalized spacial score (nSPS) is 11.4. The maximum atomic E-state index is 12.4.